The van der Waals surface area contributed by atoms with Gasteiger partial charge in [0.2, 0.25) is 0 Å². The second-order valence-electron chi connectivity index (χ2n) is 7.45. The lowest BCUT2D eigenvalue weighted by Crippen LogP contribution is -2.52. The van der Waals surface area contributed by atoms with Gasteiger partial charge in [0.15, 0.2) is 5.76 Å². The first kappa shape index (κ1) is 19.0. The van der Waals surface area contributed by atoms with Gasteiger partial charge in [-0.15, -0.1) is 11.3 Å². The molecule has 1 aromatic carbocycles. The third kappa shape index (κ3) is 4.21. The molecule has 0 spiro atoms. The van der Waals surface area contributed by atoms with Gasteiger partial charge in [-0.05, 0) is 54.5 Å². The van der Waals surface area contributed by atoms with Crippen molar-refractivity contribution >= 4 is 22.9 Å². The molecule has 2 aromatic heterocycles. The van der Waals surface area contributed by atoms with E-state index in [1.54, 1.807) is 18.4 Å². The number of anilines is 1. The monoisotopic (exact) mass is 394 g/mol. The van der Waals surface area contributed by atoms with Crippen LogP contribution < -0.4 is 4.90 Å². The molecule has 146 valence electrons. The zero-order valence-electron chi connectivity index (χ0n) is 16.2. The Morgan fingerprint density at radius 3 is 2.71 bits per heavy atom. The molecule has 0 bridgehead atoms. The Labute approximate surface area is 170 Å². The first-order valence-corrected chi connectivity index (χ1v) is 10.8. The van der Waals surface area contributed by atoms with Crippen molar-refractivity contribution in [1.29, 1.82) is 0 Å². The van der Waals surface area contributed by atoms with Gasteiger partial charge in [0.25, 0.3) is 5.91 Å². The number of carbonyl (C=O) groups is 1. The van der Waals surface area contributed by atoms with Crippen LogP contribution in [-0.2, 0) is 6.42 Å². The summed E-state index contributed by atoms with van der Waals surface area (Å²) in [4.78, 5) is 19.1. The first-order chi connectivity index (χ1) is 13.7. The molecule has 1 aliphatic heterocycles. The van der Waals surface area contributed by atoms with Gasteiger partial charge >= 0.3 is 0 Å². The second kappa shape index (κ2) is 8.76. The van der Waals surface area contributed by atoms with Crippen LogP contribution in [0.3, 0.4) is 0 Å². The Kier molecular flexibility index (Phi) is 5.93. The van der Waals surface area contributed by atoms with Gasteiger partial charge < -0.3 is 14.2 Å². The van der Waals surface area contributed by atoms with Gasteiger partial charge in [0.05, 0.1) is 6.26 Å². The normalized spacial score (nSPS) is 20.2. The lowest BCUT2D eigenvalue weighted by Gasteiger charge is -2.42. The summed E-state index contributed by atoms with van der Waals surface area (Å²) in [6.45, 7) is 5.35. The highest BCUT2D eigenvalue weighted by Gasteiger charge is 2.35. The molecule has 1 fully saturated rings. The van der Waals surface area contributed by atoms with Crippen LogP contribution in [0.2, 0.25) is 0 Å². The van der Waals surface area contributed by atoms with Gasteiger partial charge in [0, 0.05) is 36.2 Å². The fourth-order valence-electron chi connectivity index (χ4n) is 4.10. The van der Waals surface area contributed by atoms with Crippen LogP contribution in [0.25, 0.3) is 0 Å². The van der Waals surface area contributed by atoms with Crippen molar-refractivity contribution < 1.29 is 9.21 Å². The largest absolute Gasteiger partial charge is 0.459 e. The maximum atomic E-state index is 13.2. The van der Waals surface area contributed by atoms with E-state index < -0.39 is 0 Å². The highest BCUT2D eigenvalue weighted by molar-refractivity contribution is 7.09. The van der Waals surface area contributed by atoms with Crippen LogP contribution in [0, 0.1) is 5.92 Å². The number of thiophene rings is 1. The summed E-state index contributed by atoms with van der Waals surface area (Å²) < 4.78 is 5.42. The summed E-state index contributed by atoms with van der Waals surface area (Å²) in [6.07, 6.45) is 3.63. The van der Waals surface area contributed by atoms with Crippen LogP contribution in [0.1, 0.15) is 28.8 Å². The zero-order chi connectivity index (χ0) is 19.3. The quantitative estimate of drug-likeness (QED) is 0.594. The van der Waals surface area contributed by atoms with E-state index in [-0.39, 0.29) is 11.9 Å². The molecule has 3 heterocycles. The number of piperidine rings is 1. The predicted molar refractivity (Wildman–Crippen MR) is 114 cm³/mol. The van der Waals surface area contributed by atoms with Crippen molar-refractivity contribution in [1.82, 2.24) is 4.90 Å². The standard InChI is InChI=1S/C23H26N2O2S/c1-18-17-24(13-11-20-9-6-16-28-20)14-12-21(18)25(19-7-3-2-4-8-19)23(26)22-10-5-15-27-22/h2-10,15-16,18,21H,11-14,17H2,1H3/t18-,21+/m0/s1. The Bertz CT molecular complexity index is 861. The predicted octanol–water partition coefficient (Wildman–Crippen LogP) is 4.94. The number of likely N-dealkylation sites (tertiary alicyclic amines) is 1. The van der Waals surface area contributed by atoms with Crippen LogP contribution in [0.4, 0.5) is 5.69 Å². The molecule has 1 saturated heterocycles. The highest BCUT2D eigenvalue weighted by Crippen LogP contribution is 2.29. The minimum absolute atomic E-state index is 0.0555. The smallest absolute Gasteiger partial charge is 0.294 e. The second-order valence-corrected chi connectivity index (χ2v) is 8.48. The molecule has 1 aliphatic rings. The van der Waals surface area contributed by atoms with Crippen molar-refractivity contribution in [3.63, 3.8) is 0 Å². The SMILES string of the molecule is C[C@H]1CN(CCc2cccs2)CC[C@H]1N(C(=O)c1ccco1)c1ccccc1. The maximum Gasteiger partial charge on any atom is 0.294 e. The molecule has 0 unspecified atom stereocenters. The molecule has 0 N–H and O–H groups in total. The van der Waals surface area contributed by atoms with Crippen LogP contribution >= 0.6 is 11.3 Å². The Hall–Kier alpha value is -2.37. The molecule has 4 nitrogen and oxygen atoms in total. The summed E-state index contributed by atoms with van der Waals surface area (Å²) in [5.41, 5.74) is 0.938. The van der Waals surface area contributed by atoms with E-state index in [1.807, 2.05) is 46.6 Å². The van der Waals surface area contributed by atoms with E-state index in [4.69, 9.17) is 4.42 Å². The van der Waals surface area contributed by atoms with Crippen molar-refractivity contribution in [3.8, 4) is 0 Å². The summed E-state index contributed by atoms with van der Waals surface area (Å²) in [6, 6.07) is 18.0. The van der Waals surface area contributed by atoms with E-state index in [1.165, 1.54) is 4.88 Å². The lowest BCUT2D eigenvalue weighted by atomic mass is 9.91. The number of nitrogens with zero attached hydrogens (tertiary/aromatic N) is 2. The number of para-hydroxylation sites is 1. The van der Waals surface area contributed by atoms with E-state index >= 15 is 0 Å². The van der Waals surface area contributed by atoms with E-state index in [0.29, 0.717) is 11.7 Å². The molecule has 3 aromatic rings. The number of rotatable bonds is 6. The van der Waals surface area contributed by atoms with E-state index in [0.717, 1.165) is 38.2 Å². The molecule has 4 rings (SSSR count). The fourth-order valence-corrected chi connectivity index (χ4v) is 4.79. The summed E-state index contributed by atoms with van der Waals surface area (Å²) in [5, 5.41) is 2.14. The number of carbonyl (C=O) groups excluding carboxylic acids is 1. The number of benzene rings is 1. The molecule has 1 amide bonds. The topological polar surface area (TPSA) is 36.7 Å². The van der Waals surface area contributed by atoms with Gasteiger partial charge in [0.1, 0.15) is 0 Å². The van der Waals surface area contributed by atoms with Crippen LogP contribution in [0.5, 0.6) is 0 Å². The summed E-state index contributed by atoms with van der Waals surface area (Å²) in [5.74, 6) is 0.729. The molecule has 28 heavy (non-hydrogen) atoms. The number of amides is 1. The van der Waals surface area contributed by atoms with E-state index in [2.05, 4.69) is 29.3 Å². The van der Waals surface area contributed by atoms with Gasteiger partial charge in [-0.3, -0.25) is 4.79 Å². The number of hydrogen-bond acceptors (Lipinski definition) is 4. The van der Waals surface area contributed by atoms with Gasteiger partial charge in [-0.1, -0.05) is 31.2 Å². The van der Waals surface area contributed by atoms with Crippen LogP contribution in [-0.4, -0.2) is 36.5 Å². The van der Waals surface area contributed by atoms with Gasteiger partial charge in [-0.25, -0.2) is 0 Å². The Morgan fingerprint density at radius 1 is 1.18 bits per heavy atom. The summed E-state index contributed by atoms with van der Waals surface area (Å²) in [7, 11) is 0. The van der Waals surface area contributed by atoms with Crippen molar-refractivity contribution in [2.45, 2.75) is 25.8 Å². The van der Waals surface area contributed by atoms with Crippen LogP contribution in [0.15, 0.2) is 70.7 Å². The molecule has 2 atom stereocenters. The molecule has 5 heteroatoms. The fraction of sp³-hybridized carbons (Fsp3) is 0.348. The molecule has 0 radical (unpaired) electrons. The average molecular weight is 395 g/mol. The molecule has 0 saturated carbocycles. The minimum atomic E-state index is -0.0555. The Balaban J connectivity index is 1.48. The van der Waals surface area contributed by atoms with Crippen molar-refractivity contribution in [3.05, 3.63) is 76.9 Å². The molecular formula is C23H26N2O2S. The van der Waals surface area contributed by atoms with Crippen molar-refractivity contribution in [2.24, 2.45) is 5.92 Å². The zero-order valence-corrected chi connectivity index (χ0v) is 17.0. The Morgan fingerprint density at radius 2 is 2.04 bits per heavy atom. The maximum absolute atomic E-state index is 13.2. The lowest BCUT2D eigenvalue weighted by molar-refractivity contribution is 0.0906. The number of furan rings is 1. The van der Waals surface area contributed by atoms with Crippen molar-refractivity contribution in [2.75, 3.05) is 24.5 Å². The highest BCUT2D eigenvalue weighted by atomic mass is 32.1. The third-order valence-electron chi connectivity index (χ3n) is 5.52. The number of hydrogen-bond donors (Lipinski definition) is 0. The molecule has 0 aliphatic carbocycles. The molecular weight excluding hydrogens is 368 g/mol. The summed E-state index contributed by atoms with van der Waals surface area (Å²) >= 11 is 1.83. The first-order valence-electron chi connectivity index (χ1n) is 9.89. The average Bonchev–Trinajstić information content (AvgIpc) is 3.43. The van der Waals surface area contributed by atoms with E-state index in [9.17, 15) is 4.79 Å². The third-order valence-corrected chi connectivity index (χ3v) is 6.45. The minimum Gasteiger partial charge on any atom is -0.459 e. The van der Waals surface area contributed by atoms with Gasteiger partial charge in [-0.2, -0.15) is 0 Å².